The number of carbonyl (C=O) groups is 1. The van der Waals surface area contributed by atoms with Gasteiger partial charge < -0.3 is 20.6 Å². The number of aromatic hydroxyl groups is 3. The van der Waals surface area contributed by atoms with E-state index in [1.807, 2.05) is 0 Å². The van der Waals surface area contributed by atoms with Gasteiger partial charge in [0.1, 0.15) is 11.6 Å². The van der Waals surface area contributed by atoms with Crippen LogP contribution in [0, 0.1) is 12.7 Å². The maximum absolute atomic E-state index is 13.6. The molecule has 0 unspecified atom stereocenters. The molecule has 0 aliphatic heterocycles. The Kier molecular flexibility index (Phi) is 3.47. The Bertz CT molecular complexity index is 685. The molecule has 0 radical (unpaired) electrons. The van der Waals surface area contributed by atoms with Crippen LogP contribution in [0.5, 0.6) is 17.2 Å². The van der Waals surface area contributed by atoms with Crippen LogP contribution in [0.25, 0.3) is 0 Å². The van der Waals surface area contributed by atoms with E-state index in [4.69, 9.17) is 5.11 Å². The van der Waals surface area contributed by atoms with Crippen molar-refractivity contribution in [2.24, 2.45) is 0 Å². The number of anilines is 1. The van der Waals surface area contributed by atoms with Crippen molar-refractivity contribution in [2.45, 2.75) is 6.92 Å². The van der Waals surface area contributed by atoms with Crippen LogP contribution in [0.2, 0.25) is 0 Å². The third-order valence-electron chi connectivity index (χ3n) is 2.77. The first-order chi connectivity index (χ1) is 9.38. The highest BCUT2D eigenvalue weighted by Gasteiger charge is 2.13. The zero-order valence-electron chi connectivity index (χ0n) is 10.5. The van der Waals surface area contributed by atoms with Crippen molar-refractivity contribution < 1.29 is 24.5 Å². The number of hydrogen-bond donors (Lipinski definition) is 4. The highest BCUT2D eigenvalue weighted by molar-refractivity contribution is 6.04. The quantitative estimate of drug-likeness (QED) is 0.501. The maximum Gasteiger partial charge on any atom is 0.255 e. The Morgan fingerprint density at radius 1 is 1.05 bits per heavy atom. The number of halogens is 1. The van der Waals surface area contributed by atoms with Crippen LogP contribution >= 0.6 is 0 Å². The summed E-state index contributed by atoms with van der Waals surface area (Å²) in [6.07, 6.45) is 0. The van der Waals surface area contributed by atoms with Gasteiger partial charge in [0.15, 0.2) is 11.5 Å². The van der Waals surface area contributed by atoms with Crippen LogP contribution in [0.15, 0.2) is 30.3 Å². The van der Waals surface area contributed by atoms with Gasteiger partial charge in [0.25, 0.3) is 5.91 Å². The zero-order valence-corrected chi connectivity index (χ0v) is 10.5. The van der Waals surface area contributed by atoms with E-state index in [1.165, 1.54) is 12.1 Å². The molecule has 0 aliphatic rings. The summed E-state index contributed by atoms with van der Waals surface area (Å²) in [4.78, 5) is 11.9. The van der Waals surface area contributed by atoms with Crippen molar-refractivity contribution >= 4 is 11.6 Å². The van der Waals surface area contributed by atoms with E-state index in [0.29, 0.717) is 5.56 Å². The molecule has 0 bridgehead atoms. The standard InChI is InChI=1S/C14H12FNO4/c1-7-4-10(9(15)6-12(7)18)16-14(20)8-2-3-11(17)13(19)5-8/h2-6,17-19H,1H3,(H,16,20). The van der Waals surface area contributed by atoms with Gasteiger partial charge in [-0.2, -0.15) is 0 Å². The topological polar surface area (TPSA) is 89.8 Å². The number of hydrogen-bond acceptors (Lipinski definition) is 4. The molecule has 2 aromatic carbocycles. The molecule has 5 nitrogen and oxygen atoms in total. The lowest BCUT2D eigenvalue weighted by molar-refractivity contribution is 0.102. The fourth-order valence-electron chi connectivity index (χ4n) is 1.63. The lowest BCUT2D eigenvalue weighted by atomic mass is 10.1. The Balaban J connectivity index is 2.27. The number of nitrogens with one attached hydrogen (secondary N) is 1. The molecule has 0 fully saturated rings. The Morgan fingerprint density at radius 3 is 2.40 bits per heavy atom. The first kappa shape index (κ1) is 13.7. The average Bonchev–Trinajstić information content (AvgIpc) is 2.39. The van der Waals surface area contributed by atoms with E-state index < -0.39 is 17.5 Å². The summed E-state index contributed by atoms with van der Waals surface area (Å²) in [5, 5.41) is 30.1. The fraction of sp³-hybridized carbons (Fsp3) is 0.0714. The van der Waals surface area contributed by atoms with Crippen molar-refractivity contribution in [3.63, 3.8) is 0 Å². The summed E-state index contributed by atoms with van der Waals surface area (Å²) in [5.74, 6) is -2.43. The average molecular weight is 277 g/mol. The van der Waals surface area contributed by atoms with E-state index in [-0.39, 0.29) is 22.7 Å². The number of aryl methyl sites for hydroxylation is 1. The summed E-state index contributed by atoms with van der Waals surface area (Å²) < 4.78 is 13.6. The van der Waals surface area contributed by atoms with Gasteiger partial charge in [0, 0.05) is 11.6 Å². The first-order valence-electron chi connectivity index (χ1n) is 5.71. The van der Waals surface area contributed by atoms with Crippen molar-refractivity contribution in [1.29, 1.82) is 0 Å². The predicted octanol–water partition coefficient (Wildman–Crippen LogP) is 2.50. The minimum absolute atomic E-state index is 0.0606. The summed E-state index contributed by atoms with van der Waals surface area (Å²) in [6, 6.07) is 5.70. The molecule has 1 amide bonds. The second-order valence-electron chi connectivity index (χ2n) is 4.28. The fourth-order valence-corrected chi connectivity index (χ4v) is 1.63. The molecule has 4 N–H and O–H groups in total. The van der Waals surface area contributed by atoms with E-state index in [2.05, 4.69) is 5.32 Å². The van der Waals surface area contributed by atoms with Crippen molar-refractivity contribution in [3.8, 4) is 17.2 Å². The number of carbonyl (C=O) groups excluding carboxylic acids is 1. The van der Waals surface area contributed by atoms with Gasteiger partial charge in [0.05, 0.1) is 5.69 Å². The van der Waals surface area contributed by atoms with Crippen LogP contribution in [0.4, 0.5) is 10.1 Å². The monoisotopic (exact) mass is 277 g/mol. The highest BCUT2D eigenvalue weighted by Crippen LogP contribution is 2.27. The molecule has 2 rings (SSSR count). The Morgan fingerprint density at radius 2 is 1.75 bits per heavy atom. The second kappa shape index (κ2) is 5.08. The SMILES string of the molecule is Cc1cc(NC(=O)c2ccc(O)c(O)c2)c(F)cc1O. The zero-order chi connectivity index (χ0) is 14.9. The van der Waals surface area contributed by atoms with Crippen LogP contribution in [0.3, 0.4) is 0 Å². The number of amides is 1. The lowest BCUT2D eigenvalue weighted by Gasteiger charge is -2.09. The molecule has 0 saturated heterocycles. The molecule has 6 heteroatoms. The van der Waals surface area contributed by atoms with Crippen molar-refractivity contribution in [3.05, 3.63) is 47.3 Å². The van der Waals surface area contributed by atoms with Crippen molar-refractivity contribution in [2.75, 3.05) is 5.32 Å². The minimum Gasteiger partial charge on any atom is -0.508 e. The maximum atomic E-state index is 13.6. The van der Waals surface area contributed by atoms with Crippen LogP contribution < -0.4 is 5.32 Å². The summed E-state index contributed by atoms with van der Waals surface area (Å²) in [7, 11) is 0. The first-order valence-corrected chi connectivity index (χ1v) is 5.71. The predicted molar refractivity (Wildman–Crippen MR) is 70.5 cm³/mol. The number of phenolic OH excluding ortho intramolecular Hbond substituents is 3. The van der Waals surface area contributed by atoms with E-state index in [1.54, 1.807) is 6.92 Å². The molecule has 0 spiro atoms. The Labute approximate surface area is 113 Å². The van der Waals surface area contributed by atoms with Crippen LogP contribution in [-0.2, 0) is 0 Å². The van der Waals surface area contributed by atoms with Gasteiger partial charge in [-0.1, -0.05) is 0 Å². The van der Waals surface area contributed by atoms with Gasteiger partial charge in [-0.15, -0.1) is 0 Å². The summed E-state index contributed by atoms with van der Waals surface area (Å²) >= 11 is 0. The molecule has 0 aliphatic carbocycles. The van der Waals surface area contributed by atoms with E-state index in [0.717, 1.165) is 18.2 Å². The van der Waals surface area contributed by atoms with E-state index >= 15 is 0 Å². The van der Waals surface area contributed by atoms with Gasteiger partial charge in [0.2, 0.25) is 0 Å². The molecule has 0 saturated carbocycles. The van der Waals surface area contributed by atoms with Gasteiger partial charge in [-0.05, 0) is 36.8 Å². The molecule has 0 atom stereocenters. The third kappa shape index (κ3) is 2.64. The normalized spacial score (nSPS) is 10.3. The number of rotatable bonds is 2. The van der Waals surface area contributed by atoms with Gasteiger partial charge >= 0.3 is 0 Å². The summed E-state index contributed by atoms with van der Waals surface area (Å²) in [6.45, 7) is 1.57. The van der Waals surface area contributed by atoms with Gasteiger partial charge in [-0.25, -0.2) is 4.39 Å². The van der Waals surface area contributed by atoms with E-state index in [9.17, 15) is 19.4 Å². The van der Waals surface area contributed by atoms with Gasteiger partial charge in [-0.3, -0.25) is 4.79 Å². The molecule has 104 valence electrons. The third-order valence-corrected chi connectivity index (χ3v) is 2.77. The number of benzene rings is 2. The summed E-state index contributed by atoms with van der Waals surface area (Å²) in [5.41, 5.74) is 0.388. The second-order valence-corrected chi connectivity index (χ2v) is 4.28. The molecule has 2 aromatic rings. The molecule has 20 heavy (non-hydrogen) atoms. The molecule has 0 heterocycles. The van der Waals surface area contributed by atoms with Crippen molar-refractivity contribution in [1.82, 2.24) is 0 Å². The number of phenols is 3. The lowest BCUT2D eigenvalue weighted by Crippen LogP contribution is -2.13. The van der Waals surface area contributed by atoms with Crippen LogP contribution in [-0.4, -0.2) is 21.2 Å². The van der Waals surface area contributed by atoms with Crippen LogP contribution in [0.1, 0.15) is 15.9 Å². The Hall–Kier alpha value is -2.76. The minimum atomic E-state index is -0.774. The molecule has 0 aromatic heterocycles. The molecular formula is C14H12FNO4. The molecular weight excluding hydrogens is 265 g/mol. The largest absolute Gasteiger partial charge is 0.508 e. The smallest absolute Gasteiger partial charge is 0.255 e. The highest BCUT2D eigenvalue weighted by atomic mass is 19.1.